The predicted molar refractivity (Wildman–Crippen MR) is 75.3 cm³/mol. The highest BCUT2D eigenvalue weighted by atomic mass is 16.5. The number of methoxy groups -OCH3 is 1. The Labute approximate surface area is 114 Å². The molecule has 106 valence electrons. The number of carboxylic acid groups (broad SMARTS) is 1. The van der Waals surface area contributed by atoms with E-state index in [1.807, 2.05) is 38.1 Å². The van der Waals surface area contributed by atoms with Crippen LogP contribution in [0.4, 0.5) is 0 Å². The fourth-order valence-corrected chi connectivity index (χ4v) is 1.65. The molecule has 1 aromatic rings. The first-order valence-electron chi connectivity index (χ1n) is 6.32. The van der Waals surface area contributed by atoms with E-state index in [0.717, 1.165) is 11.3 Å². The number of ether oxygens (including phenoxy) is 1. The smallest absolute Gasteiger partial charge is 0.310 e. The van der Waals surface area contributed by atoms with Gasteiger partial charge in [0.2, 0.25) is 0 Å². The topological polar surface area (TPSA) is 58.6 Å². The lowest BCUT2D eigenvalue weighted by molar-refractivity contribution is -0.151. The predicted octanol–water partition coefficient (Wildman–Crippen LogP) is 2.67. The maximum Gasteiger partial charge on any atom is 0.310 e. The number of para-hydroxylation sites is 1. The summed E-state index contributed by atoms with van der Waals surface area (Å²) >= 11 is 0. The molecule has 0 radical (unpaired) electrons. The van der Waals surface area contributed by atoms with Crippen molar-refractivity contribution in [2.75, 3.05) is 7.11 Å². The Morgan fingerprint density at radius 3 is 2.37 bits per heavy atom. The molecule has 0 amide bonds. The molecule has 4 heteroatoms. The first-order valence-corrected chi connectivity index (χ1v) is 6.32. The van der Waals surface area contributed by atoms with Crippen LogP contribution in [0.15, 0.2) is 24.3 Å². The van der Waals surface area contributed by atoms with Crippen LogP contribution in [0.5, 0.6) is 5.75 Å². The third kappa shape index (κ3) is 3.26. The number of carbonyl (C=O) groups is 1. The number of carboxylic acids is 1. The van der Waals surface area contributed by atoms with E-state index in [-0.39, 0.29) is 0 Å². The molecule has 0 aliphatic rings. The van der Waals surface area contributed by atoms with Crippen molar-refractivity contribution < 1.29 is 14.6 Å². The molecule has 1 rings (SSSR count). The van der Waals surface area contributed by atoms with Crippen molar-refractivity contribution in [3.8, 4) is 5.75 Å². The lowest BCUT2D eigenvalue weighted by Gasteiger charge is -2.39. The summed E-state index contributed by atoms with van der Waals surface area (Å²) in [6, 6.07) is 7.71. The number of hydrogen-bond donors (Lipinski definition) is 2. The van der Waals surface area contributed by atoms with Crippen molar-refractivity contribution in [3.05, 3.63) is 29.8 Å². The summed E-state index contributed by atoms with van der Waals surface area (Å²) in [4.78, 5) is 11.3. The highest BCUT2D eigenvalue weighted by Crippen LogP contribution is 2.31. The average molecular weight is 265 g/mol. The van der Waals surface area contributed by atoms with Crippen molar-refractivity contribution in [2.45, 2.75) is 39.8 Å². The molecule has 2 N–H and O–H groups in total. The Morgan fingerprint density at radius 1 is 1.26 bits per heavy atom. The Bertz CT molecular complexity index is 452. The molecule has 19 heavy (non-hydrogen) atoms. The highest BCUT2D eigenvalue weighted by Gasteiger charge is 2.43. The van der Waals surface area contributed by atoms with Crippen molar-refractivity contribution in [2.24, 2.45) is 5.41 Å². The van der Waals surface area contributed by atoms with E-state index >= 15 is 0 Å². The number of aliphatic carboxylic acids is 1. The van der Waals surface area contributed by atoms with E-state index in [1.54, 1.807) is 21.0 Å². The van der Waals surface area contributed by atoms with Crippen LogP contribution in [0.25, 0.3) is 0 Å². The van der Waals surface area contributed by atoms with Gasteiger partial charge in [0, 0.05) is 17.6 Å². The Balaban J connectivity index is 2.83. The number of nitrogens with one attached hydrogen (secondary N) is 1. The van der Waals surface area contributed by atoms with Crippen LogP contribution >= 0.6 is 0 Å². The van der Waals surface area contributed by atoms with Gasteiger partial charge >= 0.3 is 5.97 Å². The van der Waals surface area contributed by atoms with Gasteiger partial charge in [-0.2, -0.15) is 0 Å². The molecule has 0 aliphatic heterocycles. The van der Waals surface area contributed by atoms with Gasteiger partial charge in [0.1, 0.15) is 5.75 Å². The summed E-state index contributed by atoms with van der Waals surface area (Å²) in [5.41, 5.74) is -0.395. The summed E-state index contributed by atoms with van der Waals surface area (Å²) < 4.78 is 5.29. The normalized spacial score (nSPS) is 12.3. The minimum atomic E-state index is -0.866. The van der Waals surface area contributed by atoms with E-state index < -0.39 is 16.9 Å². The second-order valence-electron chi connectivity index (χ2n) is 5.72. The minimum Gasteiger partial charge on any atom is -0.496 e. The molecule has 0 bridgehead atoms. The van der Waals surface area contributed by atoms with Crippen molar-refractivity contribution in [1.29, 1.82) is 0 Å². The summed E-state index contributed by atoms with van der Waals surface area (Å²) in [6.45, 7) is 7.82. The van der Waals surface area contributed by atoms with Crippen LogP contribution < -0.4 is 10.1 Å². The molecule has 0 spiro atoms. The molecular formula is C15H23NO3. The summed E-state index contributed by atoms with van der Waals surface area (Å²) in [5, 5.41) is 12.6. The number of hydrogen-bond acceptors (Lipinski definition) is 3. The largest absolute Gasteiger partial charge is 0.496 e. The molecule has 0 atom stereocenters. The molecule has 4 nitrogen and oxygen atoms in total. The molecule has 0 aromatic heterocycles. The number of rotatable bonds is 6. The van der Waals surface area contributed by atoms with Gasteiger partial charge in [0.05, 0.1) is 12.5 Å². The zero-order valence-corrected chi connectivity index (χ0v) is 12.3. The van der Waals surface area contributed by atoms with Crippen LogP contribution in [-0.4, -0.2) is 23.7 Å². The maximum atomic E-state index is 11.3. The van der Waals surface area contributed by atoms with Gasteiger partial charge in [-0.25, -0.2) is 0 Å². The highest BCUT2D eigenvalue weighted by molar-refractivity contribution is 5.75. The summed E-state index contributed by atoms with van der Waals surface area (Å²) in [6.07, 6.45) is 0. The van der Waals surface area contributed by atoms with E-state index in [2.05, 4.69) is 5.32 Å². The molecule has 0 unspecified atom stereocenters. The molecular weight excluding hydrogens is 242 g/mol. The SMILES string of the molecule is COc1ccccc1CNC(C)(C)C(C)(C)C(=O)O. The van der Waals surface area contributed by atoms with Crippen molar-refractivity contribution >= 4 is 5.97 Å². The van der Waals surface area contributed by atoms with Crippen molar-refractivity contribution in [3.63, 3.8) is 0 Å². The first kappa shape index (κ1) is 15.5. The van der Waals surface area contributed by atoms with Crippen LogP contribution in [0.3, 0.4) is 0 Å². The van der Waals surface area contributed by atoms with Crippen LogP contribution in [0.1, 0.15) is 33.3 Å². The van der Waals surface area contributed by atoms with E-state index in [4.69, 9.17) is 4.74 Å². The van der Waals surface area contributed by atoms with Gasteiger partial charge < -0.3 is 15.2 Å². The maximum absolute atomic E-state index is 11.3. The third-order valence-electron chi connectivity index (χ3n) is 4.01. The fourth-order valence-electron chi connectivity index (χ4n) is 1.65. The van der Waals surface area contributed by atoms with E-state index in [9.17, 15) is 9.90 Å². The second-order valence-corrected chi connectivity index (χ2v) is 5.72. The van der Waals surface area contributed by atoms with Gasteiger partial charge in [0.25, 0.3) is 0 Å². The lowest BCUT2D eigenvalue weighted by Crippen LogP contribution is -2.54. The van der Waals surface area contributed by atoms with Gasteiger partial charge in [0.15, 0.2) is 0 Å². The molecule has 0 saturated carbocycles. The second kappa shape index (κ2) is 5.61. The van der Waals surface area contributed by atoms with E-state index in [1.165, 1.54) is 0 Å². The lowest BCUT2D eigenvalue weighted by atomic mass is 9.74. The van der Waals surface area contributed by atoms with Crippen molar-refractivity contribution in [1.82, 2.24) is 5.32 Å². The zero-order chi connectivity index (χ0) is 14.7. The minimum absolute atomic E-state index is 0.542. The molecule has 0 aliphatic carbocycles. The quantitative estimate of drug-likeness (QED) is 0.830. The molecule has 1 aromatic carbocycles. The van der Waals surface area contributed by atoms with Gasteiger partial charge in [-0.1, -0.05) is 18.2 Å². The molecule has 0 fully saturated rings. The van der Waals surface area contributed by atoms with E-state index in [0.29, 0.717) is 6.54 Å². The summed E-state index contributed by atoms with van der Waals surface area (Å²) in [7, 11) is 1.63. The molecule has 0 heterocycles. The van der Waals surface area contributed by atoms with Gasteiger partial charge in [-0.3, -0.25) is 4.79 Å². The Hall–Kier alpha value is -1.55. The van der Waals surface area contributed by atoms with Crippen LogP contribution in [0, 0.1) is 5.41 Å². The monoisotopic (exact) mass is 265 g/mol. The molecule has 0 saturated heterocycles. The summed E-state index contributed by atoms with van der Waals surface area (Å²) in [5.74, 6) is -0.0102. The van der Waals surface area contributed by atoms with Gasteiger partial charge in [-0.05, 0) is 33.8 Å². The number of benzene rings is 1. The average Bonchev–Trinajstić information content (AvgIpc) is 2.36. The fraction of sp³-hybridized carbons (Fsp3) is 0.533. The first-order chi connectivity index (χ1) is 8.72. The van der Waals surface area contributed by atoms with Crippen LogP contribution in [-0.2, 0) is 11.3 Å². The third-order valence-corrected chi connectivity index (χ3v) is 4.01. The zero-order valence-electron chi connectivity index (χ0n) is 12.3. The Morgan fingerprint density at radius 2 is 1.84 bits per heavy atom. The van der Waals surface area contributed by atoms with Gasteiger partial charge in [-0.15, -0.1) is 0 Å². The Kier molecular flexibility index (Phi) is 4.58. The van der Waals surface area contributed by atoms with Crippen LogP contribution in [0.2, 0.25) is 0 Å². The standard InChI is InChI=1S/C15H23NO3/c1-14(2,13(17)18)15(3,4)16-10-11-8-6-7-9-12(11)19-5/h6-9,16H,10H2,1-5H3,(H,17,18).